The van der Waals surface area contributed by atoms with E-state index < -0.39 is 0 Å². The van der Waals surface area contributed by atoms with Crippen LogP contribution in [0.25, 0.3) is 0 Å². The van der Waals surface area contributed by atoms with Crippen molar-refractivity contribution in [2.24, 2.45) is 0 Å². The normalized spacial score (nSPS) is 15.1. The molecule has 0 radical (unpaired) electrons. The van der Waals surface area contributed by atoms with Gasteiger partial charge in [-0.15, -0.1) is 0 Å². The average Bonchev–Trinajstić information content (AvgIpc) is 3.10. The first kappa shape index (κ1) is 24.4. The van der Waals surface area contributed by atoms with Gasteiger partial charge in [-0.25, -0.2) is 0 Å². The van der Waals surface area contributed by atoms with Gasteiger partial charge in [-0.05, 0) is 55.8 Å². The number of rotatable bonds is 9. The molecule has 3 aromatic carbocycles. The van der Waals surface area contributed by atoms with E-state index in [9.17, 15) is 4.79 Å². The number of para-hydroxylation sites is 1. The highest BCUT2D eigenvalue weighted by atomic mass is 32.2. The van der Waals surface area contributed by atoms with Gasteiger partial charge in [0.15, 0.2) is 0 Å². The van der Waals surface area contributed by atoms with Gasteiger partial charge in [0.1, 0.15) is 5.37 Å². The summed E-state index contributed by atoms with van der Waals surface area (Å²) in [6, 6.07) is 25.3. The molecule has 0 aliphatic carbocycles. The molecular formula is C29H35N3OS. The third-order valence-corrected chi connectivity index (χ3v) is 7.59. The second kappa shape index (κ2) is 11.1. The van der Waals surface area contributed by atoms with Crippen molar-refractivity contribution in [2.75, 3.05) is 43.9 Å². The van der Waals surface area contributed by atoms with Gasteiger partial charge in [-0.2, -0.15) is 0 Å². The lowest BCUT2D eigenvalue weighted by Gasteiger charge is -2.26. The van der Waals surface area contributed by atoms with E-state index in [0.29, 0.717) is 11.6 Å². The van der Waals surface area contributed by atoms with Gasteiger partial charge in [0.2, 0.25) is 5.43 Å². The third kappa shape index (κ3) is 5.65. The lowest BCUT2D eigenvalue weighted by atomic mass is 10.1. The van der Waals surface area contributed by atoms with Crippen molar-refractivity contribution in [3.05, 3.63) is 99.7 Å². The number of hydrogen-bond donors (Lipinski definition) is 1. The Hall–Kier alpha value is -2.76. The smallest absolute Gasteiger partial charge is 0.207 e. The molecule has 0 aromatic heterocycles. The molecule has 4 nitrogen and oxygen atoms in total. The molecule has 0 amide bonds. The van der Waals surface area contributed by atoms with Gasteiger partial charge in [0.25, 0.3) is 0 Å². The van der Waals surface area contributed by atoms with Gasteiger partial charge in [0.05, 0.1) is 11.4 Å². The third-order valence-electron chi connectivity index (χ3n) is 6.26. The summed E-state index contributed by atoms with van der Waals surface area (Å²) in [7, 11) is 4.10. The Morgan fingerprint density at radius 2 is 1.74 bits per heavy atom. The first-order chi connectivity index (χ1) is 16.4. The number of nitrogens with one attached hydrogen (secondary N) is 1. The molecular weight excluding hydrogens is 438 g/mol. The fraction of sp³-hybridized carbons (Fsp3) is 0.345. The fourth-order valence-corrected chi connectivity index (χ4v) is 5.63. The van der Waals surface area contributed by atoms with Crippen molar-refractivity contribution < 1.29 is 0 Å². The molecule has 34 heavy (non-hydrogen) atoms. The molecule has 1 atom stereocenters. The minimum atomic E-state index is -0.0459. The van der Waals surface area contributed by atoms with Crippen LogP contribution in [0.2, 0.25) is 0 Å². The summed E-state index contributed by atoms with van der Waals surface area (Å²) in [4.78, 5) is 19.6. The topological polar surface area (TPSA) is 35.6 Å². The maximum atomic E-state index is 13.9. The zero-order valence-electron chi connectivity index (χ0n) is 20.6. The molecule has 0 spiro atoms. The van der Waals surface area contributed by atoms with Crippen LogP contribution in [0.15, 0.2) is 82.5 Å². The van der Waals surface area contributed by atoms with Crippen LogP contribution in [-0.2, 0) is 6.42 Å². The van der Waals surface area contributed by atoms with Gasteiger partial charge >= 0.3 is 0 Å². The van der Waals surface area contributed by atoms with E-state index in [2.05, 4.69) is 95.7 Å². The Labute approximate surface area is 208 Å². The van der Waals surface area contributed by atoms with Crippen LogP contribution >= 0.6 is 11.8 Å². The first-order valence-electron chi connectivity index (χ1n) is 12.1. The number of thioether (sulfide) groups is 1. The Morgan fingerprint density at radius 3 is 2.47 bits per heavy atom. The van der Waals surface area contributed by atoms with Crippen molar-refractivity contribution >= 4 is 23.1 Å². The van der Waals surface area contributed by atoms with Gasteiger partial charge < -0.3 is 15.1 Å². The predicted octanol–water partition coefficient (Wildman–Crippen LogP) is 6.00. The minimum absolute atomic E-state index is 0.0459. The second-order valence-corrected chi connectivity index (χ2v) is 10.5. The van der Waals surface area contributed by atoms with Crippen LogP contribution < -0.4 is 15.6 Å². The maximum absolute atomic E-state index is 13.9. The van der Waals surface area contributed by atoms with Crippen molar-refractivity contribution in [1.82, 2.24) is 4.90 Å². The molecule has 1 N–H and O–H groups in total. The molecule has 0 fully saturated rings. The van der Waals surface area contributed by atoms with Crippen molar-refractivity contribution in [3.8, 4) is 0 Å². The lowest BCUT2D eigenvalue weighted by Crippen LogP contribution is -2.29. The number of anilines is 2. The van der Waals surface area contributed by atoms with E-state index in [1.165, 1.54) is 21.7 Å². The van der Waals surface area contributed by atoms with E-state index in [4.69, 9.17) is 0 Å². The molecule has 0 bridgehead atoms. The van der Waals surface area contributed by atoms with E-state index >= 15 is 0 Å². The summed E-state index contributed by atoms with van der Waals surface area (Å²) in [5.74, 6) is 0.344. The van der Waals surface area contributed by atoms with Crippen LogP contribution in [0.1, 0.15) is 41.8 Å². The average molecular weight is 474 g/mol. The molecule has 5 heteroatoms. The number of benzene rings is 2. The summed E-state index contributed by atoms with van der Waals surface area (Å²) in [6.07, 6.45) is 0.935. The van der Waals surface area contributed by atoms with Crippen molar-refractivity contribution in [2.45, 2.75) is 36.5 Å². The highest BCUT2D eigenvalue weighted by molar-refractivity contribution is 8.00. The van der Waals surface area contributed by atoms with E-state index in [1.54, 1.807) is 11.8 Å². The predicted molar refractivity (Wildman–Crippen MR) is 146 cm³/mol. The van der Waals surface area contributed by atoms with E-state index in [-0.39, 0.29) is 10.8 Å². The first-order valence-corrected chi connectivity index (χ1v) is 12.9. The molecule has 178 valence electrons. The molecule has 1 heterocycles. The zero-order valence-corrected chi connectivity index (χ0v) is 21.4. The molecule has 1 aliphatic rings. The summed E-state index contributed by atoms with van der Waals surface area (Å²) in [6.45, 7) is 6.82. The van der Waals surface area contributed by atoms with Crippen molar-refractivity contribution in [1.29, 1.82) is 0 Å². The molecule has 0 saturated heterocycles. The highest BCUT2D eigenvalue weighted by Crippen LogP contribution is 2.50. The number of nitrogens with zero attached hydrogens (tertiary/aromatic N) is 2. The summed E-state index contributed by atoms with van der Waals surface area (Å²) >= 11 is 1.78. The van der Waals surface area contributed by atoms with Crippen molar-refractivity contribution in [3.63, 3.8) is 0 Å². The Kier molecular flexibility index (Phi) is 7.96. The summed E-state index contributed by atoms with van der Waals surface area (Å²) in [5, 5.41) is 3.39. The number of likely N-dealkylation sites (N-methyl/N-ethyl adjacent to an activating group) is 1. The standard InChI is InChI=1S/C29H35N3OS/c1-21(2)23-14-15-24(28(33)25(20-23)30-17-19-31(3)4)29-32(18-16-22-10-6-5-7-11-22)26-12-8-9-13-27(26)34-29/h5-15,20-21,29H,16-19H2,1-4H3,(H,30,33). The fourth-order valence-electron chi connectivity index (χ4n) is 4.26. The van der Waals surface area contributed by atoms with Gasteiger partial charge in [-0.1, -0.05) is 80.2 Å². The largest absolute Gasteiger partial charge is 0.381 e. The highest BCUT2D eigenvalue weighted by Gasteiger charge is 2.32. The van der Waals surface area contributed by atoms with Crippen LogP contribution in [0.4, 0.5) is 11.4 Å². The summed E-state index contributed by atoms with van der Waals surface area (Å²) < 4.78 is 0. The SMILES string of the molecule is CC(C)c1ccc(C2Sc3ccccc3N2CCc2ccccc2)c(=O)c(NCCN(C)C)c1. The maximum Gasteiger partial charge on any atom is 0.207 e. The lowest BCUT2D eigenvalue weighted by molar-refractivity contribution is 0.425. The minimum Gasteiger partial charge on any atom is -0.381 e. The number of fused-ring (bicyclic) bond motifs is 1. The van der Waals surface area contributed by atoms with Crippen LogP contribution in [0, 0.1) is 0 Å². The van der Waals surface area contributed by atoms with Gasteiger partial charge in [-0.3, -0.25) is 4.79 Å². The van der Waals surface area contributed by atoms with Gasteiger partial charge in [0, 0.05) is 30.1 Å². The second-order valence-electron chi connectivity index (χ2n) is 9.43. The zero-order chi connectivity index (χ0) is 24.1. The number of hydrogen-bond acceptors (Lipinski definition) is 5. The monoisotopic (exact) mass is 473 g/mol. The Bertz CT molecular complexity index is 1160. The van der Waals surface area contributed by atoms with Crippen LogP contribution in [0.5, 0.6) is 0 Å². The molecule has 3 aromatic rings. The Balaban J connectivity index is 1.71. The molecule has 0 saturated carbocycles. The quantitative estimate of drug-likeness (QED) is 0.413. The molecule has 1 unspecified atom stereocenters. The van der Waals surface area contributed by atoms with E-state index in [1.807, 2.05) is 20.2 Å². The Morgan fingerprint density at radius 1 is 1.00 bits per heavy atom. The van der Waals surface area contributed by atoms with Crippen LogP contribution in [-0.4, -0.2) is 38.6 Å². The van der Waals surface area contributed by atoms with E-state index in [0.717, 1.165) is 31.6 Å². The molecule has 1 aliphatic heterocycles. The molecule has 4 rings (SSSR count). The van der Waals surface area contributed by atoms with Crippen LogP contribution in [0.3, 0.4) is 0 Å². The summed E-state index contributed by atoms with van der Waals surface area (Å²) in [5.41, 5.74) is 5.33.